The van der Waals surface area contributed by atoms with Crippen molar-refractivity contribution in [2.24, 2.45) is 11.8 Å². The van der Waals surface area contributed by atoms with Gasteiger partial charge in [-0.25, -0.2) is 0 Å². The molecule has 0 spiro atoms. The van der Waals surface area contributed by atoms with Gasteiger partial charge in [0.25, 0.3) is 0 Å². The second kappa shape index (κ2) is 1.97. The molecule has 0 aromatic carbocycles. The van der Waals surface area contributed by atoms with Gasteiger partial charge in [0.2, 0.25) is 0 Å². The third-order valence-corrected chi connectivity index (χ3v) is 2.88. The van der Waals surface area contributed by atoms with E-state index in [1.807, 2.05) is 6.92 Å². The summed E-state index contributed by atoms with van der Waals surface area (Å²) in [5, 5.41) is 8.79. The van der Waals surface area contributed by atoms with Crippen LogP contribution < -0.4 is 0 Å². The van der Waals surface area contributed by atoms with Crippen LogP contribution in [0.3, 0.4) is 0 Å². The van der Waals surface area contributed by atoms with Crippen molar-refractivity contribution in [3.8, 4) is 0 Å². The molecule has 1 heterocycles. The molecule has 62 valence electrons. The van der Waals surface area contributed by atoms with Crippen molar-refractivity contribution in [3.05, 3.63) is 0 Å². The number of fused-ring (bicyclic) bond motifs is 2. The van der Waals surface area contributed by atoms with E-state index >= 15 is 0 Å². The number of aliphatic carboxylic acids is 1. The van der Waals surface area contributed by atoms with Crippen molar-refractivity contribution in [1.29, 1.82) is 0 Å². The van der Waals surface area contributed by atoms with Crippen LogP contribution >= 0.6 is 0 Å². The second-order valence-electron chi connectivity index (χ2n) is 3.87. The monoisotopic (exact) mass is 156 g/mol. The standard InChI is InChI=1S/C8H12O3/c1-8-2-5(4-11-8)6(3-8)7(9)10/h5-6H,2-4H2,1H3,(H,9,10)/t5-,6+,8+/m1/s1. The third-order valence-electron chi connectivity index (χ3n) is 2.88. The van der Waals surface area contributed by atoms with Gasteiger partial charge in [-0.05, 0) is 25.7 Å². The number of carbonyl (C=O) groups is 1. The van der Waals surface area contributed by atoms with Crippen LogP contribution in [0.1, 0.15) is 19.8 Å². The van der Waals surface area contributed by atoms with Gasteiger partial charge >= 0.3 is 5.97 Å². The molecule has 0 amide bonds. The fourth-order valence-corrected chi connectivity index (χ4v) is 2.30. The fraction of sp³-hybridized carbons (Fsp3) is 0.875. The van der Waals surface area contributed by atoms with Crippen LogP contribution in [0, 0.1) is 11.8 Å². The molecule has 11 heavy (non-hydrogen) atoms. The largest absolute Gasteiger partial charge is 0.481 e. The summed E-state index contributed by atoms with van der Waals surface area (Å²) < 4.78 is 5.46. The smallest absolute Gasteiger partial charge is 0.306 e. The Labute approximate surface area is 65.4 Å². The summed E-state index contributed by atoms with van der Waals surface area (Å²) >= 11 is 0. The second-order valence-corrected chi connectivity index (χ2v) is 3.87. The van der Waals surface area contributed by atoms with Gasteiger partial charge in [0, 0.05) is 0 Å². The highest BCUT2D eigenvalue weighted by molar-refractivity contribution is 5.71. The lowest BCUT2D eigenvalue weighted by molar-refractivity contribution is -0.147. The predicted molar refractivity (Wildman–Crippen MR) is 38.2 cm³/mol. The summed E-state index contributed by atoms with van der Waals surface area (Å²) in [7, 11) is 0. The maximum Gasteiger partial charge on any atom is 0.306 e. The summed E-state index contributed by atoms with van der Waals surface area (Å²) in [6.45, 7) is 2.66. The van der Waals surface area contributed by atoms with Crippen molar-refractivity contribution < 1.29 is 14.6 Å². The van der Waals surface area contributed by atoms with Crippen LogP contribution in [-0.2, 0) is 9.53 Å². The van der Waals surface area contributed by atoms with Gasteiger partial charge in [-0.3, -0.25) is 4.79 Å². The molecule has 2 fully saturated rings. The molecule has 2 aliphatic rings. The van der Waals surface area contributed by atoms with Crippen LogP contribution in [0.4, 0.5) is 0 Å². The van der Waals surface area contributed by atoms with E-state index in [1.165, 1.54) is 0 Å². The Hall–Kier alpha value is -0.570. The minimum Gasteiger partial charge on any atom is -0.481 e. The molecule has 3 atom stereocenters. The maximum atomic E-state index is 10.7. The van der Waals surface area contributed by atoms with Crippen molar-refractivity contribution in [1.82, 2.24) is 0 Å². The van der Waals surface area contributed by atoms with E-state index < -0.39 is 5.97 Å². The molecular formula is C8H12O3. The Bertz CT molecular complexity index is 202. The van der Waals surface area contributed by atoms with Gasteiger partial charge in [-0.1, -0.05) is 0 Å². The normalized spacial score (nSPS) is 48.1. The quantitative estimate of drug-likeness (QED) is 0.613. The molecule has 1 aliphatic heterocycles. The average Bonchev–Trinajstić information content (AvgIpc) is 2.41. The van der Waals surface area contributed by atoms with Gasteiger partial charge < -0.3 is 9.84 Å². The van der Waals surface area contributed by atoms with Crippen molar-refractivity contribution in [3.63, 3.8) is 0 Å². The van der Waals surface area contributed by atoms with E-state index in [9.17, 15) is 4.79 Å². The van der Waals surface area contributed by atoms with Crippen LogP contribution in [0.2, 0.25) is 0 Å². The molecule has 1 aliphatic carbocycles. The summed E-state index contributed by atoms with van der Waals surface area (Å²) in [5.74, 6) is -0.520. The van der Waals surface area contributed by atoms with Crippen LogP contribution in [0.25, 0.3) is 0 Å². The van der Waals surface area contributed by atoms with E-state index in [2.05, 4.69) is 0 Å². The van der Waals surface area contributed by atoms with E-state index in [-0.39, 0.29) is 17.4 Å². The zero-order chi connectivity index (χ0) is 8.06. The van der Waals surface area contributed by atoms with Crippen molar-refractivity contribution >= 4 is 5.97 Å². The molecule has 1 saturated carbocycles. The Morgan fingerprint density at radius 2 is 2.36 bits per heavy atom. The lowest BCUT2D eigenvalue weighted by atomic mass is 9.96. The maximum absolute atomic E-state index is 10.7. The molecule has 1 N–H and O–H groups in total. The zero-order valence-electron chi connectivity index (χ0n) is 6.54. The van der Waals surface area contributed by atoms with Gasteiger partial charge in [-0.2, -0.15) is 0 Å². The molecule has 0 aromatic rings. The lowest BCUT2D eigenvalue weighted by Gasteiger charge is -2.24. The van der Waals surface area contributed by atoms with Gasteiger partial charge in [0.05, 0.1) is 18.1 Å². The number of hydrogen-bond acceptors (Lipinski definition) is 2. The predicted octanol–water partition coefficient (Wildman–Crippen LogP) is 0.886. The first-order chi connectivity index (χ1) is 5.11. The van der Waals surface area contributed by atoms with Crippen molar-refractivity contribution in [2.45, 2.75) is 25.4 Å². The Kier molecular flexibility index (Phi) is 1.27. The first kappa shape index (κ1) is 7.10. The molecule has 2 rings (SSSR count). The molecule has 3 heteroatoms. The van der Waals surface area contributed by atoms with E-state index in [1.54, 1.807) is 0 Å². The highest BCUT2D eigenvalue weighted by Gasteiger charge is 2.51. The highest BCUT2D eigenvalue weighted by atomic mass is 16.5. The van der Waals surface area contributed by atoms with E-state index in [4.69, 9.17) is 9.84 Å². The number of ether oxygens (including phenoxy) is 1. The molecule has 0 radical (unpaired) electrons. The zero-order valence-corrected chi connectivity index (χ0v) is 6.54. The molecule has 2 bridgehead atoms. The SMILES string of the molecule is C[C@@]12C[C@H](CO1)[C@@H](C(=O)O)C2. The summed E-state index contributed by atoms with van der Waals surface area (Å²) in [4.78, 5) is 10.7. The van der Waals surface area contributed by atoms with Gasteiger partial charge in [0.1, 0.15) is 0 Å². The Morgan fingerprint density at radius 3 is 2.64 bits per heavy atom. The Balaban J connectivity index is 2.16. The molecule has 0 aromatic heterocycles. The summed E-state index contributed by atoms with van der Waals surface area (Å²) in [6, 6.07) is 0. The van der Waals surface area contributed by atoms with Crippen LogP contribution in [0.15, 0.2) is 0 Å². The average molecular weight is 156 g/mol. The van der Waals surface area contributed by atoms with E-state index in [0.717, 1.165) is 6.42 Å². The first-order valence-electron chi connectivity index (χ1n) is 3.97. The number of carboxylic acids is 1. The minimum atomic E-state index is -0.651. The summed E-state index contributed by atoms with van der Waals surface area (Å²) in [5.41, 5.74) is -0.117. The molecule has 0 unspecified atom stereocenters. The van der Waals surface area contributed by atoms with E-state index in [0.29, 0.717) is 13.0 Å². The van der Waals surface area contributed by atoms with Gasteiger partial charge in [-0.15, -0.1) is 0 Å². The van der Waals surface area contributed by atoms with Crippen LogP contribution in [-0.4, -0.2) is 23.3 Å². The number of rotatable bonds is 1. The van der Waals surface area contributed by atoms with Gasteiger partial charge in [0.15, 0.2) is 0 Å². The van der Waals surface area contributed by atoms with Crippen LogP contribution in [0.5, 0.6) is 0 Å². The fourth-order valence-electron chi connectivity index (χ4n) is 2.30. The third kappa shape index (κ3) is 0.948. The topological polar surface area (TPSA) is 46.5 Å². The highest BCUT2D eigenvalue weighted by Crippen LogP contribution is 2.47. The number of carboxylic acid groups (broad SMARTS) is 1. The minimum absolute atomic E-state index is 0.117. The lowest BCUT2D eigenvalue weighted by Crippen LogP contribution is -2.30. The number of hydrogen-bond donors (Lipinski definition) is 1. The molecular weight excluding hydrogens is 144 g/mol. The summed E-state index contributed by atoms with van der Waals surface area (Å²) in [6.07, 6.45) is 1.64. The molecule has 1 saturated heterocycles. The first-order valence-corrected chi connectivity index (χ1v) is 3.97. The molecule has 3 nitrogen and oxygen atoms in total. The van der Waals surface area contributed by atoms with Crippen molar-refractivity contribution in [2.75, 3.05) is 6.61 Å². The Morgan fingerprint density at radius 1 is 1.64 bits per heavy atom.